The lowest BCUT2D eigenvalue weighted by Crippen LogP contribution is -2.44. The van der Waals surface area contributed by atoms with Crippen LogP contribution in [0.5, 0.6) is 0 Å². The molecule has 0 radical (unpaired) electrons. The third kappa shape index (κ3) is 3.28. The molecule has 0 atom stereocenters. The van der Waals surface area contributed by atoms with Crippen LogP contribution in [0.2, 0.25) is 0 Å². The standard InChI is InChI=1S/C9H15N3O5S/c1-9(2,3-4-13)12-18(16,17)7-6(8(14)15)5-10-11-7/h5,12-13H,3-4H2,1-2H3,(H,10,11)(H,14,15). The number of aromatic nitrogens is 2. The van der Waals surface area contributed by atoms with Crippen molar-refractivity contribution in [2.24, 2.45) is 0 Å². The first-order chi connectivity index (χ1) is 8.19. The van der Waals surface area contributed by atoms with Gasteiger partial charge in [-0.15, -0.1) is 0 Å². The number of rotatable bonds is 6. The van der Waals surface area contributed by atoms with Gasteiger partial charge in [0.1, 0.15) is 5.56 Å². The van der Waals surface area contributed by atoms with Gasteiger partial charge in [0.05, 0.1) is 6.20 Å². The number of sulfonamides is 1. The molecule has 102 valence electrons. The van der Waals surface area contributed by atoms with Crippen LogP contribution in [0, 0.1) is 0 Å². The summed E-state index contributed by atoms with van der Waals surface area (Å²) < 4.78 is 26.3. The van der Waals surface area contributed by atoms with Gasteiger partial charge in [0.2, 0.25) is 0 Å². The molecule has 0 saturated heterocycles. The Kier molecular flexibility index (Phi) is 4.09. The summed E-state index contributed by atoms with van der Waals surface area (Å²) in [6.07, 6.45) is 1.12. The summed E-state index contributed by atoms with van der Waals surface area (Å²) in [7, 11) is -4.03. The third-order valence-corrected chi connectivity index (χ3v) is 3.92. The lowest BCUT2D eigenvalue weighted by Gasteiger charge is -2.24. The highest BCUT2D eigenvalue weighted by Gasteiger charge is 2.30. The Hall–Kier alpha value is -1.45. The maximum Gasteiger partial charge on any atom is 0.340 e. The molecule has 1 heterocycles. The molecule has 0 bridgehead atoms. The molecular weight excluding hydrogens is 262 g/mol. The smallest absolute Gasteiger partial charge is 0.340 e. The first kappa shape index (κ1) is 14.6. The fraction of sp³-hybridized carbons (Fsp3) is 0.556. The van der Waals surface area contributed by atoms with Crippen molar-refractivity contribution in [3.8, 4) is 0 Å². The summed E-state index contributed by atoms with van der Waals surface area (Å²) in [5.74, 6) is -1.39. The van der Waals surface area contributed by atoms with Gasteiger partial charge >= 0.3 is 5.97 Å². The molecule has 8 nitrogen and oxygen atoms in total. The quantitative estimate of drug-likeness (QED) is 0.556. The molecule has 1 rings (SSSR count). The van der Waals surface area contributed by atoms with Crippen molar-refractivity contribution in [2.75, 3.05) is 6.61 Å². The molecular formula is C9H15N3O5S. The molecule has 0 aliphatic rings. The van der Waals surface area contributed by atoms with Gasteiger partial charge in [-0.1, -0.05) is 0 Å². The van der Waals surface area contributed by atoms with Crippen LogP contribution in [-0.2, 0) is 10.0 Å². The number of aromatic carboxylic acids is 1. The number of H-pyrrole nitrogens is 1. The van der Waals surface area contributed by atoms with Gasteiger partial charge in [-0.05, 0) is 20.3 Å². The van der Waals surface area contributed by atoms with Gasteiger partial charge in [0.15, 0.2) is 5.03 Å². The van der Waals surface area contributed by atoms with Crippen molar-refractivity contribution in [1.29, 1.82) is 0 Å². The number of hydrogen-bond donors (Lipinski definition) is 4. The van der Waals surface area contributed by atoms with E-state index in [-0.39, 0.29) is 13.0 Å². The summed E-state index contributed by atoms with van der Waals surface area (Å²) in [5.41, 5.74) is -1.32. The summed E-state index contributed by atoms with van der Waals surface area (Å²) in [6, 6.07) is 0. The van der Waals surface area contributed by atoms with Crippen LogP contribution in [-0.4, -0.2) is 46.9 Å². The number of carboxylic acids is 1. The summed E-state index contributed by atoms with van der Waals surface area (Å²) in [4.78, 5) is 10.8. The molecule has 0 amide bonds. The number of carboxylic acid groups (broad SMARTS) is 1. The van der Waals surface area contributed by atoms with Gasteiger partial charge in [-0.2, -0.15) is 5.10 Å². The Balaban J connectivity index is 3.07. The zero-order valence-corrected chi connectivity index (χ0v) is 10.8. The number of carbonyl (C=O) groups is 1. The van der Waals surface area contributed by atoms with Gasteiger partial charge in [0, 0.05) is 12.1 Å². The van der Waals surface area contributed by atoms with Gasteiger partial charge < -0.3 is 10.2 Å². The molecule has 0 unspecified atom stereocenters. The highest BCUT2D eigenvalue weighted by atomic mass is 32.2. The van der Waals surface area contributed by atoms with E-state index in [0.717, 1.165) is 6.20 Å². The Morgan fingerprint density at radius 3 is 2.67 bits per heavy atom. The van der Waals surface area contributed by atoms with Crippen molar-refractivity contribution in [3.05, 3.63) is 11.8 Å². The average Bonchev–Trinajstić information content (AvgIpc) is 2.63. The van der Waals surface area contributed by atoms with Crippen molar-refractivity contribution in [1.82, 2.24) is 14.9 Å². The van der Waals surface area contributed by atoms with Crippen molar-refractivity contribution >= 4 is 16.0 Å². The molecule has 1 aromatic rings. The summed E-state index contributed by atoms with van der Waals surface area (Å²) >= 11 is 0. The minimum atomic E-state index is -4.03. The predicted molar refractivity (Wildman–Crippen MR) is 61.7 cm³/mol. The Morgan fingerprint density at radius 1 is 1.56 bits per heavy atom. The van der Waals surface area contributed by atoms with E-state index in [0.29, 0.717) is 0 Å². The lowest BCUT2D eigenvalue weighted by atomic mass is 10.0. The zero-order chi connectivity index (χ0) is 14.0. The predicted octanol–water partition coefficient (Wildman–Crippen LogP) is -0.453. The van der Waals surface area contributed by atoms with E-state index in [9.17, 15) is 13.2 Å². The van der Waals surface area contributed by atoms with Crippen molar-refractivity contribution < 1.29 is 23.4 Å². The first-order valence-electron chi connectivity index (χ1n) is 5.11. The fourth-order valence-electron chi connectivity index (χ4n) is 1.38. The van der Waals surface area contributed by atoms with E-state index in [4.69, 9.17) is 10.2 Å². The van der Waals surface area contributed by atoms with Gasteiger partial charge in [-0.3, -0.25) is 5.10 Å². The maximum atomic E-state index is 12.0. The van der Waals surface area contributed by atoms with Crippen LogP contribution in [0.3, 0.4) is 0 Å². The molecule has 0 aromatic carbocycles. The number of aliphatic hydroxyl groups is 1. The Bertz CT molecular complexity index is 534. The van der Waals surface area contributed by atoms with Crippen molar-refractivity contribution in [3.63, 3.8) is 0 Å². The van der Waals surface area contributed by atoms with E-state index in [1.165, 1.54) is 0 Å². The number of aliphatic hydroxyl groups excluding tert-OH is 1. The number of aromatic amines is 1. The summed E-state index contributed by atoms with van der Waals surface area (Å²) in [6.45, 7) is 2.97. The second-order valence-electron chi connectivity index (χ2n) is 4.38. The second kappa shape index (κ2) is 5.04. The zero-order valence-electron chi connectivity index (χ0n) is 9.97. The van der Waals surface area contributed by atoms with Gasteiger partial charge in [0.25, 0.3) is 10.0 Å². The van der Waals surface area contributed by atoms with E-state index in [1.807, 2.05) is 0 Å². The van der Waals surface area contributed by atoms with E-state index < -0.39 is 32.1 Å². The number of nitrogens with zero attached hydrogens (tertiary/aromatic N) is 1. The molecule has 0 spiro atoms. The minimum Gasteiger partial charge on any atom is -0.478 e. The van der Waals surface area contributed by atoms with Crippen LogP contribution < -0.4 is 4.72 Å². The topological polar surface area (TPSA) is 132 Å². The molecule has 0 aliphatic carbocycles. The number of nitrogens with one attached hydrogen (secondary N) is 2. The molecule has 1 aromatic heterocycles. The van der Waals surface area contributed by atoms with Gasteiger partial charge in [-0.25, -0.2) is 17.9 Å². The van der Waals surface area contributed by atoms with Crippen LogP contribution in [0.15, 0.2) is 11.2 Å². The number of hydrogen-bond acceptors (Lipinski definition) is 5. The lowest BCUT2D eigenvalue weighted by molar-refractivity contribution is 0.0692. The fourth-order valence-corrected chi connectivity index (χ4v) is 2.91. The average molecular weight is 277 g/mol. The highest BCUT2D eigenvalue weighted by Crippen LogP contribution is 2.16. The van der Waals surface area contributed by atoms with Crippen LogP contribution >= 0.6 is 0 Å². The SMILES string of the molecule is CC(C)(CCO)NS(=O)(=O)c1[nH]ncc1C(=O)O. The second-order valence-corrected chi connectivity index (χ2v) is 6.00. The van der Waals surface area contributed by atoms with E-state index in [1.54, 1.807) is 13.8 Å². The third-order valence-electron chi connectivity index (χ3n) is 2.25. The molecule has 9 heteroatoms. The highest BCUT2D eigenvalue weighted by molar-refractivity contribution is 7.89. The van der Waals surface area contributed by atoms with Crippen LogP contribution in [0.25, 0.3) is 0 Å². The molecule has 0 fully saturated rings. The van der Waals surface area contributed by atoms with Crippen molar-refractivity contribution in [2.45, 2.75) is 30.8 Å². The molecule has 18 heavy (non-hydrogen) atoms. The largest absolute Gasteiger partial charge is 0.478 e. The normalized spacial score (nSPS) is 12.6. The monoisotopic (exact) mass is 277 g/mol. The molecule has 0 saturated carbocycles. The van der Waals surface area contributed by atoms with E-state index in [2.05, 4.69) is 14.9 Å². The van der Waals surface area contributed by atoms with Crippen LogP contribution in [0.1, 0.15) is 30.6 Å². The maximum absolute atomic E-state index is 12.0. The van der Waals surface area contributed by atoms with Crippen LogP contribution in [0.4, 0.5) is 0 Å². The Labute approximate surface area is 104 Å². The van der Waals surface area contributed by atoms with E-state index >= 15 is 0 Å². The molecule has 4 N–H and O–H groups in total. The molecule has 0 aliphatic heterocycles. The minimum absolute atomic E-state index is 0.190. The summed E-state index contributed by atoms with van der Waals surface area (Å²) in [5, 5.41) is 22.7. The first-order valence-corrected chi connectivity index (χ1v) is 6.59. The Morgan fingerprint density at radius 2 is 2.17 bits per heavy atom.